The third kappa shape index (κ3) is 7.79. The van der Waals surface area contributed by atoms with Crippen molar-refractivity contribution >= 4 is 22.0 Å². The Balaban J connectivity index is 2.50. The van der Waals surface area contributed by atoms with Crippen molar-refractivity contribution in [2.45, 2.75) is 52.8 Å². The van der Waals surface area contributed by atoms with E-state index in [2.05, 4.69) is 26.6 Å². The van der Waals surface area contributed by atoms with E-state index in [1.165, 1.54) is 6.07 Å². The SMILES string of the molecule is CC(C)C(CNCc1ccc(Br)c(F)c1)NC(=O)OC(C)(C)C. The molecule has 0 aromatic heterocycles. The van der Waals surface area contributed by atoms with Crippen LogP contribution < -0.4 is 10.6 Å². The third-order valence-corrected chi connectivity index (χ3v) is 3.83. The number of rotatable bonds is 6. The van der Waals surface area contributed by atoms with Crippen molar-refractivity contribution in [1.82, 2.24) is 10.6 Å². The van der Waals surface area contributed by atoms with Crippen molar-refractivity contribution in [1.29, 1.82) is 0 Å². The number of halogens is 2. The molecule has 0 bridgehead atoms. The number of amides is 1. The Bertz CT molecular complexity index is 530. The predicted octanol–water partition coefficient (Wildman–Crippen LogP) is 4.23. The van der Waals surface area contributed by atoms with Gasteiger partial charge in [-0.2, -0.15) is 0 Å². The molecule has 0 fully saturated rings. The molecule has 23 heavy (non-hydrogen) atoms. The van der Waals surface area contributed by atoms with E-state index in [1.54, 1.807) is 6.07 Å². The minimum Gasteiger partial charge on any atom is -0.444 e. The Labute approximate surface area is 146 Å². The minimum atomic E-state index is -0.520. The Morgan fingerprint density at radius 3 is 2.52 bits per heavy atom. The summed E-state index contributed by atoms with van der Waals surface area (Å²) in [5.74, 6) is -0.0340. The van der Waals surface area contributed by atoms with Crippen LogP contribution in [0.25, 0.3) is 0 Å². The van der Waals surface area contributed by atoms with Crippen LogP contribution in [0, 0.1) is 11.7 Å². The molecule has 0 radical (unpaired) electrons. The van der Waals surface area contributed by atoms with Crippen molar-refractivity contribution in [3.8, 4) is 0 Å². The first-order chi connectivity index (χ1) is 10.6. The van der Waals surface area contributed by atoms with Crippen LogP contribution in [-0.2, 0) is 11.3 Å². The lowest BCUT2D eigenvalue weighted by Gasteiger charge is -2.26. The number of nitrogens with one attached hydrogen (secondary N) is 2. The second kappa shape index (κ2) is 8.64. The molecule has 0 spiro atoms. The normalized spacial score (nSPS) is 13.0. The van der Waals surface area contributed by atoms with Crippen LogP contribution in [-0.4, -0.2) is 24.3 Å². The second-order valence-electron chi connectivity index (χ2n) is 6.88. The van der Waals surface area contributed by atoms with E-state index >= 15 is 0 Å². The van der Waals surface area contributed by atoms with Crippen molar-refractivity contribution in [2.75, 3.05) is 6.54 Å². The number of ether oxygens (including phenoxy) is 1. The molecule has 0 aliphatic carbocycles. The van der Waals surface area contributed by atoms with Crippen molar-refractivity contribution in [3.05, 3.63) is 34.1 Å². The highest BCUT2D eigenvalue weighted by atomic mass is 79.9. The van der Waals surface area contributed by atoms with Crippen LogP contribution in [0.2, 0.25) is 0 Å². The summed E-state index contributed by atoms with van der Waals surface area (Å²) in [6, 6.07) is 4.96. The maximum Gasteiger partial charge on any atom is 0.407 e. The molecule has 0 aliphatic rings. The molecular formula is C17H26BrFN2O2. The Morgan fingerprint density at radius 1 is 1.35 bits per heavy atom. The maximum absolute atomic E-state index is 13.5. The van der Waals surface area contributed by atoms with Gasteiger partial charge in [-0.1, -0.05) is 19.9 Å². The summed E-state index contributed by atoms with van der Waals surface area (Å²) in [5.41, 5.74) is 0.332. The highest BCUT2D eigenvalue weighted by Gasteiger charge is 2.21. The highest BCUT2D eigenvalue weighted by molar-refractivity contribution is 9.10. The van der Waals surface area contributed by atoms with Crippen molar-refractivity contribution in [2.24, 2.45) is 5.92 Å². The topological polar surface area (TPSA) is 50.4 Å². The largest absolute Gasteiger partial charge is 0.444 e. The molecular weight excluding hydrogens is 363 g/mol. The van der Waals surface area contributed by atoms with Gasteiger partial charge in [0.15, 0.2) is 0 Å². The molecule has 0 saturated carbocycles. The molecule has 6 heteroatoms. The standard InChI is InChI=1S/C17H26BrFN2O2/c1-11(2)15(21-16(22)23-17(3,4)5)10-20-9-12-6-7-13(18)14(19)8-12/h6-8,11,15,20H,9-10H2,1-5H3,(H,21,22). The fourth-order valence-corrected chi connectivity index (χ4v) is 2.18. The lowest BCUT2D eigenvalue weighted by atomic mass is 10.0. The summed E-state index contributed by atoms with van der Waals surface area (Å²) in [7, 11) is 0. The van der Waals surface area contributed by atoms with Gasteiger partial charge in [-0.15, -0.1) is 0 Å². The zero-order valence-electron chi connectivity index (χ0n) is 14.4. The average Bonchev–Trinajstić information content (AvgIpc) is 2.39. The maximum atomic E-state index is 13.5. The molecule has 1 rings (SSSR count). The number of alkyl carbamates (subject to hydrolysis) is 1. The molecule has 1 aromatic rings. The van der Waals surface area contributed by atoms with Crippen LogP contribution in [0.1, 0.15) is 40.2 Å². The predicted molar refractivity (Wildman–Crippen MR) is 93.8 cm³/mol. The number of hydrogen-bond donors (Lipinski definition) is 2. The number of carbonyl (C=O) groups excluding carboxylic acids is 1. The van der Waals surface area contributed by atoms with E-state index in [0.29, 0.717) is 17.6 Å². The molecule has 130 valence electrons. The van der Waals surface area contributed by atoms with Gasteiger partial charge in [0.25, 0.3) is 0 Å². The summed E-state index contributed by atoms with van der Waals surface area (Å²) in [6.07, 6.45) is -0.423. The van der Waals surface area contributed by atoms with Gasteiger partial charge in [0.05, 0.1) is 4.47 Å². The van der Waals surface area contributed by atoms with Crippen molar-refractivity contribution < 1.29 is 13.9 Å². The zero-order chi connectivity index (χ0) is 17.6. The third-order valence-electron chi connectivity index (χ3n) is 3.18. The van der Waals surface area contributed by atoms with Gasteiger partial charge >= 0.3 is 6.09 Å². The monoisotopic (exact) mass is 388 g/mol. The van der Waals surface area contributed by atoms with Gasteiger partial charge in [0.1, 0.15) is 11.4 Å². The fraction of sp³-hybridized carbons (Fsp3) is 0.588. The van der Waals surface area contributed by atoms with E-state index < -0.39 is 11.7 Å². The molecule has 0 aliphatic heterocycles. The first-order valence-corrected chi connectivity index (χ1v) is 8.52. The van der Waals surface area contributed by atoms with E-state index in [0.717, 1.165) is 5.56 Å². The van der Waals surface area contributed by atoms with E-state index in [-0.39, 0.29) is 17.8 Å². The van der Waals surface area contributed by atoms with E-state index in [4.69, 9.17) is 4.74 Å². The lowest BCUT2D eigenvalue weighted by Crippen LogP contribution is -2.46. The van der Waals surface area contributed by atoms with Gasteiger partial charge in [-0.3, -0.25) is 0 Å². The van der Waals surface area contributed by atoms with E-state index in [9.17, 15) is 9.18 Å². The molecule has 0 heterocycles. The molecule has 4 nitrogen and oxygen atoms in total. The molecule has 1 unspecified atom stereocenters. The smallest absolute Gasteiger partial charge is 0.407 e. The quantitative estimate of drug-likeness (QED) is 0.766. The average molecular weight is 389 g/mol. The first-order valence-electron chi connectivity index (χ1n) is 7.72. The van der Waals surface area contributed by atoms with Gasteiger partial charge in [-0.25, -0.2) is 9.18 Å². The molecule has 1 aromatic carbocycles. The first kappa shape index (κ1) is 19.9. The Kier molecular flexibility index (Phi) is 7.48. The number of benzene rings is 1. The van der Waals surface area contributed by atoms with Crippen LogP contribution in [0.5, 0.6) is 0 Å². The molecule has 1 atom stereocenters. The summed E-state index contributed by atoms with van der Waals surface area (Å²) in [4.78, 5) is 11.9. The van der Waals surface area contributed by atoms with Crippen LogP contribution in [0.3, 0.4) is 0 Å². The van der Waals surface area contributed by atoms with Crippen LogP contribution in [0.15, 0.2) is 22.7 Å². The molecule has 2 N–H and O–H groups in total. The van der Waals surface area contributed by atoms with Gasteiger partial charge in [0, 0.05) is 19.1 Å². The highest BCUT2D eigenvalue weighted by Crippen LogP contribution is 2.16. The fourth-order valence-electron chi connectivity index (χ4n) is 1.93. The number of carbonyl (C=O) groups is 1. The van der Waals surface area contributed by atoms with Crippen LogP contribution >= 0.6 is 15.9 Å². The zero-order valence-corrected chi connectivity index (χ0v) is 16.0. The summed E-state index contributed by atoms with van der Waals surface area (Å²) >= 11 is 3.13. The van der Waals surface area contributed by atoms with Gasteiger partial charge in [0.2, 0.25) is 0 Å². The summed E-state index contributed by atoms with van der Waals surface area (Å²) < 4.78 is 19.2. The second-order valence-corrected chi connectivity index (χ2v) is 7.73. The Hall–Kier alpha value is -1.14. The van der Waals surface area contributed by atoms with Gasteiger partial charge < -0.3 is 15.4 Å². The molecule has 1 amide bonds. The van der Waals surface area contributed by atoms with Crippen molar-refractivity contribution in [3.63, 3.8) is 0 Å². The summed E-state index contributed by atoms with van der Waals surface area (Å²) in [5, 5.41) is 6.12. The van der Waals surface area contributed by atoms with Crippen LogP contribution in [0.4, 0.5) is 9.18 Å². The minimum absolute atomic E-state index is 0.0647. The molecule has 0 saturated heterocycles. The number of hydrogen-bond acceptors (Lipinski definition) is 3. The van der Waals surface area contributed by atoms with Gasteiger partial charge in [-0.05, 0) is 60.3 Å². The Morgan fingerprint density at radius 2 is 2.00 bits per heavy atom. The lowest BCUT2D eigenvalue weighted by molar-refractivity contribution is 0.0490. The van der Waals surface area contributed by atoms with E-state index in [1.807, 2.05) is 40.7 Å². The summed E-state index contributed by atoms with van der Waals surface area (Å²) in [6.45, 7) is 10.7.